The standard InChI is InChI=1S/C17H23N3O/c1-11-4-3-5-15-13(10-20-16(11)15)6-7-19-17(21)12(2)14-8-18-9-14/h3-5,10,12,14,18,20H,6-9H2,1-2H3,(H,19,21). The Labute approximate surface area is 125 Å². The molecule has 1 aliphatic heterocycles. The second-order valence-electron chi connectivity index (χ2n) is 6.06. The zero-order chi connectivity index (χ0) is 14.8. The van der Waals surface area contributed by atoms with Gasteiger partial charge in [-0.15, -0.1) is 0 Å². The van der Waals surface area contributed by atoms with Crippen molar-refractivity contribution < 1.29 is 4.79 Å². The summed E-state index contributed by atoms with van der Waals surface area (Å²) in [7, 11) is 0. The molecule has 1 aliphatic rings. The molecular weight excluding hydrogens is 262 g/mol. The molecule has 3 N–H and O–H groups in total. The number of H-pyrrole nitrogens is 1. The summed E-state index contributed by atoms with van der Waals surface area (Å²) in [4.78, 5) is 15.4. The number of hydrogen-bond acceptors (Lipinski definition) is 2. The Morgan fingerprint density at radius 1 is 1.43 bits per heavy atom. The van der Waals surface area contributed by atoms with Crippen molar-refractivity contribution in [3.05, 3.63) is 35.5 Å². The highest BCUT2D eigenvalue weighted by molar-refractivity contribution is 5.86. The lowest BCUT2D eigenvalue weighted by atomic mass is 9.88. The summed E-state index contributed by atoms with van der Waals surface area (Å²) in [6.45, 7) is 6.77. The zero-order valence-electron chi connectivity index (χ0n) is 12.7. The van der Waals surface area contributed by atoms with Crippen LogP contribution in [0.1, 0.15) is 18.1 Å². The fraction of sp³-hybridized carbons (Fsp3) is 0.471. The molecule has 0 aliphatic carbocycles. The van der Waals surface area contributed by atoms with Gasteiger partial charge in [0.2, 0.25) is 5.91 Å². The fourth-order valence-corrected chi connectivity index (χ4v) is 2.93. The van der Waals surface area contributed by atoms with Gasteiger partial charge in [-0.3, -0.25) is 4.79 Å². The van der Waals surface area contributed by atoms with Crippen molar-refractivity contribution in [3.8, 4) is 0 Å². The second-order valence-corrected chi connectivity index (χ2v) is 6.06. The van der Waals surface area contributed by atoms with Gasteiger partial charge in [-0.1, -0.05) is 25.1 Å². The van der Waals surface area contributed by atoms with Crippen molar-refractivity contribution in [3.63, 3.8) is 0 Å². The van der Waals surface area contributed by atoms with Crippen molar-refractivity contribution in [2.45, 2.75) is 20.3 Å². The third-order valence-electron chi connectivity index (χ3n) is 4.64. The normalized spacial score (nSPS) is 16.7. The van der Waals surface area contributed by atoms with Gasteiger partial charge in [0.1, 0.15) is 0 Å². The van der Waals surface area contributed by atoms with Gasteiger partial charge in [-0.2, -0.15) is 0 Å². The molecule has 1 aromatic heterocycles. The first-order valence-corrected chi connectivity index (χ1v) is 7.71. The van der Waals surface area contributed by atoms with Crippen LogP contribution in [0.3, 0.4) is 0 Å². The number of aromatic nitrogens is 1. The molecule has 1 unspecified atom stereocenters. The van der Waals surface area contributed by atoms with E-state index in [-0.39, 0.29) is 11.8 Å². The van der Waals surface area contributed by atoms with Crippen molar-refractivity contribution in [2.75, 3.05) is 19.6 Å². The molecular formula is C17H23N3O. The molecule has 1 atom stereocenters. The first-order chi connectivity index (χ1) is 10.2. The SMILES string of the molecule is Cc1cccc2c(CCNC(=O)C(C)C3CNC3)c[nH]c12. The van der Waals surface area contributed by atoms with Crippen molar-refractivity contribution >= 4 is 16.8 Å². The Morgan fingerprint density at radius 2 is 2.24 bits per heavy atom. The van der Waals surface area contributed by atoms with Crippen LogP contribution in [-0.2, 0) is 11.2 Å². The smallest absolute Gasteiger partial charge is 0.223 e. The van der Waals surface area contributed by atoms with Gasteiger partial charge in [-0.05, 0) is 43.5 Å². The highest BCUT2D eigenvalue weighted by atomic mass is 16.1. The number of hydrogen-bond donors (Lipinski definition) is 3. The van der Waals surface area contributed by atoms with Crippen LogP contribution >= 0.6 is 0 Å². The Balaban J connectivity index is 1.57. The topological polar surface area (TPSA) is 56.9 Å². The van der Waals surface area contributed by atoms with Gasteiger partial charge < -0.3 is 15.6 Å². The third kappa shape index (κ3) is 2.81. The molecule has 3 rings (SSSR count). The first-order valence-electron chi connectivity index (χ1n) is 7.71. The maximum Gasteiger partial charge on any atom is 0.223 e. The summed E-state index contributed by atoms with van der Waals surface area (Å²) in [5, 5.41) is 7.55. The minimum absolute atomic E-state index is 0.108. The quantitative estimate of drug-likeness (QED) is 0.787. The minimum Gasteiger partial charge on any atom is -0.361 e. The number of aryl methyl sites for hydroxylation is 1. The average molecular weight is 285 g/mol. The highest BCUT2D eigenvalue weighted by Gasteiger charge is 2.28. The van der Waals surface area contributed by atoms with E-state index in [0.29, 0.717) is 12.5 Å². The second kappa shape index (κ2) is 5.90. The van der Waals surface area contributed by atoms with Gasteiger partial charge >= 0.3 is 0 Å². The largest absolute Gasteiger partial charge is 0.361 e. The number of carbonyl (C=O) groups is 1. The van der Waals surface area contributed by atoms with Crippen LogP contribution in [0.15, 0.2) is 24.4 Å². The molecule has 1 amide bonds. The Hall–Kier alpha value is -1.81. The molecule has 112 valence electrons. The maximum atomic E-state index is 12.1. The Bertz CT molecular complexity index is 643. The number of benzene rings is 1. The molecule has 2 heterocycles. The predicted molar refractivity (Wildman–Crippen MR) is 85.3 cm³/mol. The highest BCUT2D eigenvalue weighted by Crippen LogP contribution is 2.21. The molecule has 4 nitrogen and oxygen atoms in total. The van der Waals surface area contributed by atoms with E-state index >= 15 is 0 Å². The van der Waals surface area contributed by atoms with E-state index in [4.69, 9.17) is 0 Å². The lowest BCUT2D eigenvalue weighted by Gasteiger charge is -2.31. The lowest BCUT2D eigenvalue weighted by Crippen LogP contribution is -2.49. The van der Waals surface area contributed by atoms with E-state index in [1.807, 2.05) is 6.92 Å². The van der Waals surface area contributed by atoms with E-state index in [1.54, 1.807) is 0 Å². The molecule has 1 aromatic carbocycles. The zero-order valence-corrected chi connectivity index (χ0v) is 12.7. The number of aromatic amines is 1. The Morgan fingerprint density at radius 3 is 2.95 bits per heavy atom. The number of para-hydroxylation sites is 1. The molecule has 0 radical (unpaired) electrons. The number of amides is 1. The van der Waals surface area contributed by atoms with E-state index in [1.165, 1.54) is 22.0 Å². The van der Waals surface area contributed by atoms with Crippen LogP contribution in [0.2, 0.25) is 0 Å². The van der Waals surface area contributed by atoms with Crippen molar-refractivity contribution in [1.29, 1.82) is 0 Å². The molecule has 0 spiro atoms. The molecule has 1 saturated heterocycles. The number of rotatable bonds is 5. The van der Waals surface area contributed by atoms with Crippen molar-refractivity contribution in [2.24, 2.45) is 11.8 Å². The summed E-state index contributed by atoms with van der Waals surface area (Å²) < 4.78 is 0. The maximum absolute atomic E-state index is 12.1. The lowest BCUT2D eigenvalue weighted by molar-refractivity contribution is -0.126. The van der Waals surface area contributed by atoms with Crippen LogP contribution in [0.25, 0.3) is 10.9 Å². The monoisotopic (exact) mass is 285 g/mol. The number of nitrogens with one attached hydrogen (secondary N) is 3. The number of carbonyl (C=O) groups excluding carboxylic acids is 1. The summed E-state index contributed by atoms with van der Waals surface area (Å²) in [5.41, 5.74) is 3.73. The summed E-state index contributed by atoms with van der Waals surface area (Å²) in [5.74, 6) is 0.787. The first kappa shape index (κ1) is 14.1. The average Bonchev–Trinajstić information content (AvgIpc) is 2.81. The molecule has 21 heavy (non-hydrogen) atoms. The van der Waals surface area contributed by atoms with Gasteiger partial charge in [0.15, 0.2) is 0 Å². The van der Waals surface area contributed by atoms with E-state index in [9.17, 15) is 4.79 Å². The van der Waals surface area contributed by atoms with E-state index in [2.05, 4.69) is 46.9 Å². The van der Waals surface area contributed by atoms with Crippen LogP contribution in [0.4, 0.5) is 0 Å². The fourth-order valence-electron chi connectivity index (χ4n) is 2.93. The molecule has 2 aromatic rings. The number of fused-ring (bicyclic) bond motifs is 1. The van der Waals surface area contributed by atoms with Crippen LogP contribution in [-0.4, -0.2) is 30.5 Å². The molecule has 4 heteroatoms. The summed E-state index contributed by atoms with van der Waals surface area (Å²) in [6, 6.07) is 6.33. The van der Waals surface area contributed by atoms with Gasteiger partial charge in [-0.25, -0.2) is 0 Å². The van der Waals surface area contributed by atoms with Gasteiger partial charge in [0.25, 0.3) is 0 Å². The molecule has 1 fully saturated rings. The van der Waals surface area contributed by atoms with Crippen molar-refractivity contribution in [1.82, 2.24) is 15.6 Å². The third-order valence-corrected chi connectivity index (χ3v) is 4.64. The van der Waals surface area contributed by atoms with E-state index < -0.39 is 0 Å². The summed E-state index contributed by atoms with van der Waals surface area (Å²) in [6.07, 6.45) is 2.92. The predicted octanol–water partition coefficient (Wildman–Crippen LogP) is 1.99. The molecule has 0 saturated carbocycles. The van der Waals surface area contributed by atoms with Gasteiger partial charge in [0, 0.05) is 29.6 Å². The van der Waals surface area contributed by atoms with Gasteiger partial charge in [0.05, 0.1) is 0 Å². The summed E-state index contributed by atoms with van der Waals surface area (Å²) >= 11 is 0. The Kier molecular flexibility index (Phi) is 3.97. The molecule has 0 bridgehead atoms. The van der Waals surface area contributed by atoms with Crippen LogP contribution in [0, 0.1) is 18.8 Å². The van der Waals surface area contributed by atoms with Crippen LogP contribution in [0.5, 0.6) is 0 Å². The minimum atomic E-state index is 0.108. The van der Waals surface area contributed by atoms with Crippen LogP contribution < -0.4 is 10.6 Å². The van der Waals surface area contributed by atoms with E-state index in [0.717, 1.165) is 19.5 Å².